The molecule has 3 rings (SSSR count). The van der Waals surface area contributed by atoms with E-state index in [0.717, 1.165) is 10.4 Å². The minimum Gasteiger partial charge on any atom is -0.394 e. The Morgan fingerprint density at radius 1 is 1.00 bits per heavy atom. The third-order valence-corrected chi connectivity index (χ3v) is 5.88. The molecule has 0 aliphatic carbocycles. The van der Waals surface area contributed by atoms with E-state index in [1.807, 2.05) is 12.1 Å². The van der Waals surface area contributed by atoms with Gasteiger partial charge in [0.1, 0.15) is 30.5 Å². The number of ether oxygens (including phenoxy) is 1. The van der Waals surface area contributed by atoms with Crippen LogP contribution in [0.25, 0.3) is 0 Å². The molecule has 0 saturated carbocycles. The maximum atomic E-state index is 10.3. The molecule has 0 unspecified atom stereocenters. The van der Waals surface area contributed by atoms with Gasteiger partial charge in [-0.15, -0.1) is 11.3 Å². The summed E-state index contributed by atoms with van der Waals surface area (Å²) in [5.41, 5.74) is 1.44. The van der Waals surface area contributed by atoms with E-state index in [4.69, 9.17) is 27.9 Å². The Hall–Kier alpha value is -0.700. The fraction of sp³-hybridized carbons (Fsp3) is 0.412. The summed E-state index contributed by atoms with van der Waals surface area (Å²) in [5, 5.41) is 40.0. The molecule has 136 valence electrons. The summed E-state index contributed by atoms with van der Waals surface area (Å²) < 4.78 is 6.29. The first-order valence-electron chi connectivity index (χ1n) is 7.73. The Kier molecular flexibility index (Phi) is 6.03. The monoisotopic (exact) mass is 404 g/mol. The lowest BCUT2D eigenvalue weighted by atomic mass is 9.90. The van der Waals surface area contributed by atoms with Gasteiger partial charge in [0.15, 0.2) is 0 Å². The maximum absolute atomic E-state index is 10.3. The minimum absolute atomic E-state index is 0.463. The van der Waals surface area contributed by atoms with Gasteiger partial charge in [0.2, 0.25) is 0 Å². The maximum Gasteiger partial charge on any atom is 0.113 e. The van der Waals surface area contributed by atoms with Crippen LogP contribution >= 0.6 is 34.5 Å². The van der Waals surface area contributed by atoms with Crippen molar-refractivity contribution in [3.05, 3.63) is 55.7 Å². The summed E-state index contributed by atoms with van der Waals surface area (Å²) >= 11 is 13.7. The fourth-order valence-corrected chi connectivity index (χ4v) is 4.21. The molecule has 1 aliphatic rings. The zero-order valence-corrected chi connectivity index (χ0v) is 15.4. The number of thiophene rings is 1. The predicted molar refractivity (Wildman–Crippen MR) is 96.3 cm³/mol. The van der Waals surface area contributed by atoms with E-state index in [-0.39, 0.29) is 0 Å². The van der Waals surface area contributed by atoms with Crippen molar-refractivity contribution < 1.29 is 25.2 Å². The highest BCUT2D eigenvalue weighted by atomic mass is 35.5. The first kappa shape index (κ1) is 19.1. The number of halogens is 2. The number of hydrogen-bond donors (Lipinski definition) is 4. The highest BCUT2D eigenvalue weighted by molar-refractivity contribution is 7.16. The smallest absolute Gasteiger partial charge is 0.113 e. The molecule has 0 bridgehead atoms. The van der Waals surface area contributed by atoms with Crippen molar-refractivity contribution in [1.82, 2.24) is 0 Å². The third-order valence-electron chi connectivity index (χ3n) is 4.28. The zero-order valence-electron chi connectivity index (χ0n) is 13.0. The zero-order chi connectivity index (χ0) is 18.1. The molecule has 4 N–H and O–H groups in total. The summed E-state index contributed by atoms with van der Waals surface area (Å²) in [7, 11) is 0. The number of aliphatic hydroxyl groups is 4. The summed E-state index contributed by atoms with van der Waals surface area (Å²) in [6.45, 7) is -0.463. The summed E-state index contributed by atoms with van der Waals surface area (Å²) in [6, 6.07) is 8.92. The van der Waals surface area contributed by atoms with Crippen LogP contribution in [0.15, 0.2) is 30.3 Å². The topological polar surface area (TPSA) is 90.2 Å². The van der Waals surface area contributed by atoms with E-state index in [1.54, 1.807) is 18.2 Å². The second kappa shape index (κ2) is 7.90. The van der Waals surface area contributed by atoms with Crippen LogP contribution in [0.3, 0.4) is 0 Å². The van der Waals surface area contributed by atoms with Crippen molar-refractivity contribution in [2.45, 2.75) is 36.9 Å². The van der Waals surface area contributed by atoms with Crippen molar-refractivity contribution in [3.8, 4) is 0 Å². The van der Waals surface area contributed by atoms with Crippen LogP contribution in [0, 0.1) is 0 Å². The standard InChI is InChI=1S/C17H18Cl2O5S/c18-11-3-1-8(5-9(11)6-10-2-4-13(19)25-10)17-16(23)15(22)14(21)12(7-20)24-17/h1-5,12,14-17,20-23H,6-7H2/t12-,14-,15+,16-,17+/m1/s1. The first-order chi connectivity index (χ1) is 11.9. The fourth-order valence-electron chi connectivity index (χ4n) is 2.92. The molecule has 1 saturated heterocycles. The highest BCUT2D eigenvalue weighted by Crippen LogP contribution is 2.35. The molecule has 0 radical (unpaired) electrons. The van der Waals surface area contributed by atoms with Crippen molar-refractivity contribution in [2.24, 2.45) is 0 Å². The molecule has 25 heavy (non-hydrogen) atoms. The van der Waals surface area contributed by atoms with Gasteiger partial charge in [-0.25, -0.2) is 0 Å². The minimum atomic E-state index is -1.41. The molecule has 1 fully saturated rings. The van der Waals surface area contributed by atoms with Crippen molar-refractivity contribution in [1.29, 1.82) is 0 Å². The lowest BCUT2D eigenvalue weighted by Gasteiger charge is -2.40. The van der Waals surface area contributed by atoms with Gasteiger partial charge in [-0.3, -0.25) is 0 Å². The Bertz CT molecular complexity index is 736. The molecule has 5 atom stereocenters. The van der Waals surface area contributed by atoms with E-state index in [0.29, 0.717) is 21.3 Å². The number of benzene rings is 1. The third kappa shape index (κ3) is 4.02. The highest BCUT2D eigenvalue weighted by Gasteiger charge is 2.43. The van der Waals surface area contributed by atoms with Gasteiger partial charge in [-0.1, -0.05) is 35.3 Å². The molecule has 1 aromatic carbocycles. The quantitative estimate of drug-likeness (QED) is 0.626. The molecule has 0 spiro atoms. The molecule has 1 aliphatic heterocycles. The molecule has 1 aromatic heterocycles. The van der Waals surface area contributed by atoms with Gasteiger partial charge < -0.3 is 25.2 Å². The largest absolute Gasteiger partial charge is 0.394 e. The lowest BCUT2D eigenvalue weighted by Crippen LogP contribution is -2.55. The molecular formula is C17H18Cl2O5S. The van der Waals surface area contributed by atoms with Crippen molar-refractivity contribution >= 4 is 34.5 Å². The molecule has 8 heteroatoms. The summed E-state index contributed by atoms with van der Waals surface area (Å²) in [5.74, 6) is 0. The molecule has 2 heterocycles. The molecular weight excluding hydrogens is 387 g/mol. The van der Waals surface area contributed by atoms with E-state index in [9.17, 15) is 20.4 Å². The van der Waals surface area contributed by atoms with E-state index in [1.165, 1.54) is 11.3 Å². The average molecular weight is 405 g/mol. The van der Waals surface area contributed by atoms with Gasteiger partial charge in [0.25, 0.3) is 0 Å². The van der Waals surface area contributed by atoms with Crippen LogP contribution in [0.4, 0.5) is 0 Å². The normalized spacial score (nSPS) is 29.8. The van der Waals surface area contributed by atoms with Gasteiger partial charge in [-0.2, -0.15) is 0 Å². The number of aliphatic hydroxyl groups excluding tert-OH is 4. The van der Waals surface area contributed by atoms with Crippen LogP contribution in [-0.2, 0) is 11.2 Å². The van der Waals surface area contributed by atoms with Gasteiger partial charge in [0, 0.05) is 16.3 Å². The van der Waals surface area contributed by atoms with Crippen LogP contribution in [0.1, 0.15) is 22.1 Å². The lowest BCUT2D eigenvalue weighted by molar-refractivity contribution is -0.231. The summed E-state index contributed by atoms with van der Waals surface area (Å²) in [4.78, 5) is 1.04. The van der Waals surface area contributed by atoms with Crippen molar-refractivity contribution in [2.75, 3.05) is 6.61 Å². The van der Waals surface area contributed by atoms with Crippen LogP contribution < -0.4 is 0 Å². The second-order valence-electron chi connectivity index (χ2n) is 5.98. The Morgan fingerprint density at radius 3 is 2.40 bits per heavy atom. The molecule has 5 nitrogen and oxygen atoms in total. The Morgan fingerprint density at radius 2 is 1.76 bits per heavy atom. The van der Waals surface area contributed by atoms with Crippen LogP contribution in [-0.4, -0.2) is 51.4 Å². The average Bonchev–Trinajstić information content (AvgIpc) is 3.00. The SMILES string of the molecule is OC[C@H]1O[C@@H](c2ccc(Cl)c(Cc3ccc(Cl)s3)c2)[C@H](O)[C@@H](O)[C@@H]1O. The second-order valence-corrected chi connectivity index (χ2v) is 8.19. The Balaban J connectivity index is 1.88. The predicted octanol–water partition coefficient (Wildman–Crippen LogP) is 2.16. The number of hydrogen-bond acceptors (Lipinski definition) is 6. The number of rotatable bonds is 4. The van der Waals surface area contributed by atoms with E-state index >= 15 is 0 Å². The van der Waals surface area contributed by atoms with E-state index < -0.39 is 37.1 Å². The summed E-state index contributed by atoms with van der Waals surface area (Å²) in [6.07, 6.45) is -5.36. The van der Waals surface area contributed by atoms with E-state index in [2.05, 4.69) is 0 Å². The molecule has 2 aromatic rings. The van der Waals surface area contributed by atoms with Crippen LogP contribution in [0.5, 0.6) is 0 Å². The van der Waals surface area contributed by atoms with Gasteiger partial charge >= 0.3 is 0 Å². The van der Waals surface area contributed by atoms with Gasteiger partial charge in [-0.05, 0) is 29.3 Å². The van der Waals surface area contributed by atoms with Crippen molar-refractivity contribution in [3.63, 3.8) is 0 Å². The van der Waals surface area contributed by atoms with Crippen LogP contribution in [0.2, 0.25) is 9.36 Å². The Labute approximate surface area is 159 Å². The molecule has 0 amide bonds. The van der Waals surface area contributed by atoms with Gasteiger partial charge in [0.05, 0.1) is 10.9 Å². The first-order valence-corrected chi connectivity index (χ1v) is 9.31.